The Balaban J connectivity index is 1.62. The van der Waals surface area contributed by atoms with E-state index in [1.54, 1.807) is 6.07 Å². The van der Waals surface area contributed by atoms with Gasteiger partial charge in [-0.3, -0.25) is 10.1 Å². The van der Waals surface area contributed by atoms with Gasteiger partial charge in [0.25, 0.3) is 5.91 Å². The van der Waals surface area contributed by atoms with Crippen LogP contribution in [0, 0.1) is 6.92 Å². The van der Waals surface area contributed by atoms with Gasteiger partial charge >= 0.3 is 6.01 Å². The van der Waals surface area contributed by atoms with Gasteiger partial charge < -0.3 is 4.42 Å². The van der Waals surface area contributed by atoms with Gasteiger partial charge in [0.05, 0.1) is 6.42 Å². The summed E-state index contributed by atoms with van der Waals surface area (Å²) in [6.45, 7) is 6.28. The number of hydrogen-bond donors (Lipinski definition) is 1. The smallest absolute Gasteiger partial charge is 0.322 e. The molecule has 3 aromatic rings. The number of thioether (sulfide) groups is 1. The zero-order chi connectivity index (χ0) is 18.5. The molecule has 26 heavy (non-hydrogen) atoms. The van der Waals surface area contributed by atoms with Crippen LogP contribution in [0.5, 0.6) is 0 Å². The maximum Gasteiger partial charge on any atom is 0.322 e. The molecule has 0 spiro atoms. The fourth-order valence-electron chi connectivity index (χ4n) is 2.46. The highest BCUT2D eigenvalue weighted by molar-refractivity contribution is 7.99. The van der Waals surface area contributed by atoms with E-state index in [0.717, 1.165) is 11.1 Å². The number of aromatic nitrogens is 2. The lowest BCUT2D eigenvalue weighted by molar-refractivity contribution is 0.102. The number of nitrogens with zero attached hydrogens (tertiary/aromatic N) is 2. The van der Waals surface area contributed by atoms with Gasteiger partial charge in [-0.1, -0.05) is 48.8 Å². The van der Waals surface area contributed by atoms with Crippen LogP contribution in [0.4, 0.5) is 6.01 Å². The van der Waals surface area contributed by atoms with Crippen LogP contribution >= 0.6 is 11.8 Å². The maximum absolute atomic E-state index is 12.2. The Morgan fingerprint density at radius 3 is 2.62 bits per heavy atom. The zero-order valence-corrected chi connectivity index (χ0v) is 15.8. The van der Waals surface area contributed by atoms with Gasteiger partial charge in [-0.25, -0.2) is 0 Å². The van der Waals surface area contributed by atoms with Crippen molar-refractivity contribution in [3.63, 3.8) is 0 Å². The van der Waals surface area contributed by atoms with Crippen LogP contribution in [-0.4, -0.2) is 21.4 Å². The lowest BCUT2D eigenvalue weighted by Gasteiger charge is -2.05. The van der Waals surface area contributed by atoms with Crippen molar-refractivity contribution in [3.8, 4) is 0 Å². The topological polar surface area (TPSA) is 68.0 Å². The molecule has 0 radical (unpaired) electrons. The summed E-state index contributed by atoms with van der Waals surface area (Å²) in [5.41, 5.74) is 2.66. The van der Waals surface area contributed by atoms with Crippen molar-refractivity contribution < 1.29 is 9.21 Å². The highest BCUT2D eigenvalue weighted by atomic mass is 32.2. The number of carbonyl (C=O) groups is 1. The first-order chi connectivity index (χ1) is 12.5. The largest absolute Gasteiger partial charge is 0.407 e. The standard InChI is InChI=1S/C20H21N3O2S/c1-13(2)26-17-9-7-15(8-10-17)12-18-22-23-20(25-18)21-19(24)16-6-4-5-14(3)11-16/h4-11,13H,12H2,1-3H3,(H,21,23,24). The summed E-state index contributed by atoms with van der Waals surface area (Å²) < 4.78 is 5.55. The number of carbonyl (C=O) groups excluding carboxylic acids is 1. The Morgan fingerprint density at radius 1 is 1.15 bits per heavy atom. The van der Waals surface area contributed by atoms with Gasteiger partial charge in [-0.05, 0) is 36.8 Å². The van der Waals surface area contributed by atoms with Crippen LogP contribution < -0.4 is 5.32 Å². The second kappa shape index (κ2) is 8.19. The molecular formula is C20H21N3O2S. The Labute approximate surface area is 157 Å². The highest BCUT2D eigenvalue weighted by Gasteiger charge is 2.12. The van der Waals surface area contributed by atoms with Crippen LogP contribution in [0.2, 0.25) is 0 Å². The summed E-state index contributed by atoms with van der Waals surface area (Å²) in [5, 5.41) is 11.1. The highest BCUT2D eigenvalue weighted by Crippen LogP contribution is 2.23. The van der Waals surface area contributed by atoms with Crippen molar-refractivity contribution in [3.05, 3.63) is 71.1 Å². The third kappa shape index (κ3) is 4.95. The van der Waals surface area contributed by atoms with Gasteiger partial charge in [-0.15, -0.1) is 16.9 Å². The minimum atomic E-state index is -0.265. The van der Waals surface area contributed by atoms with Crippen molar-refractivity contribution in [2.45, 2.75) is 37.3 Å². The molecule has 1 heterocycles. The molecule has 3 rings (SSSR count). The lowest BCUT2D eigenvalue weighted by Crippen LogP contribution is -2.12. The van der Waals surface area contributed by atoms with Crippen LogP contribution in [-0.2, 0) is 6.42 Å². The predicted molar refractivity (Wildman–Crippen MR) is 104 cm³/mol. The molecule has 0 aliphatic carbocycles. The predicted octanol–water partition coefficient (Wildman–Crippen LogP) is 4.72. The van der Waals surface area contributed by atoms with Crippen LogP contribution in [0.3, 0.4) is 0 Å². The van der Waals surface area contributed by atoms with E-state index in [0.29, 0.717) is 23.1 Å². The molecule has 0 aliphatic heterocycles. The second-order valence-corrected chi connectivity index (χ2v) is 7.96. The first kappa shape index (κ1) is 18.2. The minimum absolute atomic E-state index is 0.110. The number of aryl methyl sites for hydroxylation is 1. The van der Waals surface area contributed by atoms with E-state index in [2.05, 4.69) is 53.6 Å². The normalized spacial score (nSPS) is 10.9. The van der Waals surface area contributed by atoms with Gasteiger partial charge in [0, 0.05) is 15.7 Å². The van der Waals surface area contributed by atoms with Gasteiger partial charge in [0.2, 0.25) is 5.89 Å². The Morgan fingerprint density at radius 2 is 1.92 bits per heavy atom. The third-order valence-electron chi connectivity index (χ3n) is 3.62. The molecule has 0 saturated carbocycles. The maximum atomic E-state index is 12.2. The fraction of sp³-hybridized carbons (Fsp3) is 0.250. The van der Waals surface area contributed by atoms with E-state index in [4.69, 9.17) is 4.42 Å². The molecule has 0 fully saturated rings. The summed E-state index contributed by atoms with van der Waals surface area (Å²) in [6.07, 6.45) is 0.528. The van der Waals surface area contributed by atoms with E-state index in [9.17, 15) is 4.79 Å². The number of rotatable bonds is 6. The summed E-state index contributed by atoms with van der Waals surface area (Å²) in [6, 6.07) is 15.7. The van der Waals surface area contributed by atoms with E-state index >= 15 is 0 Å². The van der Waals surface area contributed by atoms with Crippen LogP contribution in [0.15, 0.2) is 57.8 Å². The second-order valence-electron chi connectivity index (χ2n) is 6.31. The van der Waals surface area contributed by atoms with Gasteiger partial charge in [0.1, 0.15) is 0 Å². The number of nitrogens with one attached hydrogen (secondary N) is 1. The molecule has 5 nitrogen and oxygen atoms in total. The summed E-state index contributed by atoms with van der Waals surface area (Å²) >= 11 is 1.82. The average Bonchev–Trinajstić information content (AvgIpc) is 3.03. The Hall–Kier alpha value is -2.60. The molecule has 1 N–H and O–H groups in total. The third-order valence-corrected chi connectivity index (χ3v) is 4.63. The number of anilines is 1. The number of hydrogen-bond acceptors (Lipinski definition) is 5. The molecule has 0 aliphatic rings. The van der Waals surface area contributed by atoms with Gasteiger partial charge in [-0.2, -0.15) is 0 Å². The quantitative estimate of drug-likeness (QED) is 0.638. The molecule has 0 bridgehead atoms. The number of amides is 1. The molecular weight excluding hydrogens is 346 g/mol. The van der Waals surface area contributed by atoms with Crippen LogP contribution in [0.25, 0.3) is 0 Å². The SMILES string of the molecule is Cc1cccc(C(=O)Nc2nnc(Cc3ccc(SC(C)C)cc3)o2)c1. The minimum Gasteiger partial charge on any atom is -0.407 e. The number of benzene rings is 2. The van der Waals surface area contributed by atoms with Crippen molar-refractivity contribution >= 4 is 23.7 Å². The van der Waals surface area contributed by atoms with Crippen LogP contribution in [0.1, 0.15) is 41.2 Å². The average molecular weight is 367 g/mol. The van der Waals surface area contributed by atoms with Crippen molar-refractivity contribution in [2.75, 3.05) is 5.32 Å². The van der Waals surface area contributed by atoms with Crippen molar-refractivity contribution in [2.24, 2.45) is 0 Å². The zero-order valence-electron chi connectivity index (χ0n) is 15.0. The van der Waals surface area contributed by atoms with E-state index < -0.39 is 0 Å². The lowest BCUT2D eigenvalue weighted by atomic mass is 10.1. The molecule has 0 atom stereocenters. The van der Waals surface area contributed by atoms with Crippen molar-refractivity contribution in [1.29, 1.82) is 0 Å². The molecule has 1 aromatic heterocycles. The first-order valence-electron chi connectivity index (χ1n) is 8.45. The van der Waals surface area contributed by atoms with E-state index in [1.165, 1.54) is 4.90 Å². The molecule has 0 unspecified atom stereocenters. The first-order valence-corrected chi connectivity index (χ1v) is 9.33. The monoisotopic (exact) mass is 367 g/mol. The van der Waals surface area contributed by atoms with Crippen molar-refractivity contribution in [1.82, 2.24) is 10.2 Å². The molecule has 134 valence electrons. The van der Waals surface area contributed by atoms with E-state index in [1.807, 2.05) is 36.9 Å². The molecule has 1 amide bonds. The van der Waals surface area contributed by atoms with Gasteiger partial charge in [0.15, 0.2) is 0 Å². The molecule has 2 aromatic carbocycles. The Bertz CT molecular complexity index is 888. The fourth-order valence-corrected chi connectivity index (χ4v) is 3.30. The summed E-state index contributed by atoms with van der Waals surface area (Å²) in [5.74, 6) is 0.202. The van der Waals surface area contributed by atoms with E-state index in [-0.39, 0.29) is 11.9 Å². The summed E-state index contributed by atoms with van der Waals surface area (Å²) in [4.78, 5) is 13.5. The molecule has 6 heteroatoms. The Kier molecular flexibility index (Phi) is 5.73. The summed E-state index contributed by atoms with van der Waals surface area (Å²) in [7, 11) is 0. The molecule has 0 saturated heterocycles.